The minimum Gasteiger partial charge on any atom is -0.339 e. The lowest BCUT2D eigenvalue weighted by molar-refractivity contribution is -0.138. The van der Waals surface area contributed by atoms with Crippen LogP contribution in [0.15, 0.2) is 24.3 Å². The van der Waals surface area contributed by atoms with E-state index in [1.807, 2.05) is 0 Å². The molecule has 2 fully saturated rings. The Morgan fingerprint density at radius 3 is 2.00 bits per heavy atom. The van der Waals surface area contributed by atoms with Gasteiger partial charge < -0.3 is 15.1 Å². The van der Waals surface area contributed by atoms with Crippen molar-refractivity contribution in [1.82, 2.24) is 15.1 Å². The smallest absolute Gasteiger partial charge is 0.339 e. The molecule has 5 nitrogen and oxygen atoms in total. The first-order valence-electron chi connectivity index (χ1n) is 8.82. The highest BCUT2D eigenvalue weighted by Crippen LogP contribution is 2.29. The molecule has 0 bridgehead atoms. The molecular formula is C18H22F3N3O2. The average molecular weight is 369 g/mol. The van der Waals surface area contributed by atoms with Crippen molar-refractivity contribution in [2.75, 3.05) is 39.3 Å². The third kappa shape index (κ3) is 4.17. The monoisotopic (exact) mass is 369 g/mol. The highest BCUT2D eigenvalue weighted by Gasteiger charge is 2.32. The van der Waals surface area contributed by atoms with Crippen LogP contribution in [0.2, 0.25) is 0 Å². The van der Waals surface area contributed by atoms with Gasteiger partial charge in [0.1, 0.15) is 0 Å². The average Bonchev–Trinajstić information content (AvgIpc) is 2.67. The highest BCUT2D eigenvalue weighted by molar-refractivity contribution is 5.94. The number of benzene rings is 1. The first-order valence-corrected chi connectivity index (χ1v) is 8.82. The molecule has 2 aliphatic heterocycles. The largest absolute Gasteiger partial charge is 0.416 e. The van der Waals surface area contributed by atoms with E-state index in [4.69, 9.17) is 0 Å². The van der Waals surface area contributed by atoms with Crippen LogP contribution in [0.5, 0.6) is 0 Å². The number of nitrogens with one attached hydrogen (secondary N) is 1. The zero-order chi connectivity index (χ0) is 18.7. The van der Waals surface area contributed by atoms with Crippen molar-refractivity contribution in [2.45, 2.75) is 19.0 Å². The molecule has 0 unspecified atom stereocenters. The van der Waals surface area contributed by atoms with Gasteiger partial charge in [-0.05, 0) is 50.2 Å². The Labute approximate surface area is 150 Å². The van der Waals surface area contributed by atoms with Gasteiger partial charge in [-0.25, -0.2) is 0 Å². The number of rotatable bonds is 2. The summed E-state index contributed by atoms with van der Waals surface area (Å²) in [4.78, 5) is 28.4. The molecule has 1 aromatic rings. The molecule has 0 aromatic heterocycles. The van der Waals surface area contributed by atoms with Crippen LogP contribution in [0.25, 0.3) is 0 Å². The molecule has 2 amide bonds. The lowest BCUT2D eigenvalue weighted by Gasteiger charge is -2.37. The molecule has 3 rings (SSSR count). The summed E-state index contributed by atoms with van der Waals surface area (Å²) in [6.45, 7) is 3.43. The van der Waals surface area contributed by atoms with E-state index in [-0.39, 0.29) is 23.3 Å². The summed E-state index contributed by atoms with van der Waals surface area (Å²) in [6.07, 6.45) is -2.74. The Bertz CT molecular complexity index is 647. The maximum absolute atomic E-state index is 12.6. The number of piperidine rings is 1. The number of amides is 2. The van der Waals surface area contributed by atoms with Crippen molar-refractivity contribution in [3.05, 3.63) is 35.4 Å². The van der Waals surface area contributed by atoms with Crippen LogP contribution < -0.4 is 5.32 Å². The Hall–Kier alpha value is -2.09. The quantitative estimate of drug-likeness (QED) is 0.868. The van der Waals surface area contributed by atoms with Gasteiger partial charge in [0.25, 0.3) is 5.91 Å². The summed E-state index contributed by atoms with van der Waals surface area (Å²) in [5.41, 5.74) is -0.539. The zero-order valence-electron chi connectivity index (χ0n) is 14.4. The van der Waals surface area contributed by atoms with Crippen molar-refractivity contribution in [3.63, 3.8) is 0 Å². The molecule has 0 saturated carbocycles. The Morgan fingerprint density at radius 1 is 0.923 bits per heavy atom. The van der Waals surface area contributed by atoms with Gasteiger partial charge in [0, 0.05) is 37.7 Å². The lowest BCUT2D eigenvalue weighted by Crippen LogP contribution is -2.52. The minimum absolute atomic E-state index is 0.0495. The fourth-order valence-corrected chi connectivity index (χ4v) is 3.44. The van der Waals surface area contributed by atoms with Crippen LogP contribution in [0.4, 0.5) is 13.2 Å². The third-order valence-electron chi connectivity index (χ3n) is 5.03. The summed E-state index contributed by atoms with van der Waals surface area (Å²) < 4.78 is 37.8. The van der Waals surface area contributed by atoms with E-state index in [0.717, 1.165) is 38.1 Å². The fourth-order valence-electron chi connectivity index (χ4n) is 3.44. The molecule has 2 heterocycles. The number of hydrogen-bond acceptors (Lipinski definition) is 3. The van der Waals surface area contributed by atoms with Crippen LogP contribution in [0.1, 0.15) is 28.8 Å². The Balaban J connectivity index is 1.55. The van der Waals surface area contributed by atoms with E-state index in [1.54, 1.807) is 9.80 Å². The summed E-state index contributed by atoms with van der Waals surface area (Å²) in [5, 5.41) is 3.23. The van der Waals surface area contributed by atoms with Crippen molar-refractivity contribution < 1.29 is 22.8 Å². The Morgan fingerprint density at radius 2 is 1.46 bits per heavy atom. The van der Waals surface area contributed by atoms with Crippen LogP contribution in [0, 0.1) is 5.92 Å². The summed E-state index contributed by atoms with van der Waals surface area (Å²) >= 11 is 0. The summed E-state index contributed by atoms with van der Waals surface area (Å²) in [6, 6.07) is 4.25. The number of nitrogens with zero attached hydrogens (tertiary/aromatic N) is 2. The first-order chi connectivity index (χ1) is 12.4. The standard InChI is InChI=1S/C18H22F3N3O2/c19-18(20,21)15-3-1-13(2-4-15)16(25)23-9-11-24(12-10-23)17(26)14-5-7-22-8-6-14/h1-4,14,22H,5-12H2. The molecule has 8 heteroatoms. The van der Waals surface area contributed by atoms with Crippen molar-refractivity contribution in [1.29, 1.82) is 0 Å². The van der Waals surface area contributed by atoms with Crippen LogP contribution in [0.3, 0.4) is 0 Å². The maximum Gasteiger partial charge on any atom is 0.416 e. The van der Waals surface area contributed by atoms with Crippen LogP contribution in [-0.2, 0) is 11.0 Å². The predicted molar refractivity (Wildman–Crippen MR) is 89.5 cm³/mol. The van der Waals surface area contributed by atoms with Crippen LogP contribution >= 0.6 is 0 Å². The van der Waals surface area contributed by atoms with Gasteiger partial charge in [-0.3, -0.25) is 9.59 Å². The first kappa shape index (κ1) is 18.7. The van der Waals surface area contributed by atoms with E-state index in [9.17, 15) is 22.8 Å². The third-order valence-corrected chi connectivity index (χ3v) is 5.03. The van der Waals surface area contributed by atoms with Crippen LogP contribution in [-0.4, -0.2) is 60.9 Å². The van der Waals surface area contributed by atoms with Gasteiger partial charge in [-0.2, -0.15) is 13.2 Å². The molecule has 1 aromatic carbocycles. The van der Waals surface area contributed by atoms with Gasteiger partial charge in [-0.1, -0.05) is 0 Å². The molecule has 1 N–H and O–H groups in total. The number of halogens is 3. The summed E-state index contributed by atoms with van der Waals surface area (Å²) in [5.74, 6) is -0.103. The van der Waals surface area contributed by atoms with Gasteiger partial charge >= 0.3 is 6.18 Å². The van der Waals surface area contributed by atoms with E-state index in [2.05, 4.69) is 5.32 Å². The minimum atomic E-state index is -4.41. The molecule has 0 spiro atoms. The van der Waals surface area contributed by atoms with Crippen molar-refractivity contribution in [3.8, 4) is 0 Å². The number of alkyl halides is 3. The van der Waals surface area contributed by atoms with E-state index >= 15 is 0 Å². The van der Waals surface area contributed by atoms with Crippen molar-refractivity contribution >= 4 is 11.8 Å². The number of hydrogen-bond donors (Lipinski definition) is 1. The molecule has 0 atom stereocenters. The normalized spacial score (nSPS) is 19.5. The summed E-state index contributed by atoms with van der Waals surface area (Å²) in [7, 11) is 0. The molecule has 0 radical (unpaired) electrons. The molecule has 142 valence electrons. The molecule has 2 aliphatic rings. The second-order valence-electron chi connectivity index (χ2n) is 6.72. The molecular weight excluding hydrogens is 347 g/mol. The van der Waals surface area contributed by atoms with Crippen molar-refractivity contribution in [2.24, 2.45) is 5.92 Å². The Kier molecular flexibility index (Phi) is 5.50. The van der Waals surface area contributed by atoms with Gasteiger partial charge in [0.05, 0.1) is 5.56 Å². The second-order valence-corrected chi connectivity index (χ2v) is 6.72. The number of carbonyl (C=O) groups is 2. The molecule has 2 saturated heterocycles. The lowest BCUT2D eigenvalue weighted by atomic mass is 9.96. The highest BCUT2D eigenvalue weighted by atomic mass is 19.4. The fraction of sp³-hybridized carbons (Fsp3) is 0.556. The number of carbonyl (C=O) groups excluding carboxylic acids is 2. The SMILES string of the molecule is O=C(c1ccc(C(F)(F)F)cc1)N1CCN(C(=O)C2CCNCC2)CC1. The second kappa shape index (κ2) is 7.65. The molecule has 26 heavy (non-hydrogen) atoms. The van der Waals surface area contributed by atoms with Gasteiger partial charge in [0.15, 0.2) is 0 Å². The number of piperazine rings is 1. The van der Waals surface area contributed by atoms with Gasteiger partial charge in [0.2, 0.25) is 5.91 Å². The molecule has 0 aliphatic carbocycles. The maximum atomic E-state index is 12.6. The predicted octanol–water partition coefficient (Wildman–Crippen LogP) is 1.99. The van der Waals surface area contributed by atoms with E-state index < -0.39 is 11.7 Å². The zero-order valence-corrected chi connectivity index (χ0v) is 14.4. The topological polar surface area (TPSA) is 52.7 Å². The van der Waals surface area contributed by atoms with E-state index in [0.29, 0.717) is 26.2 Å². The van der Waals surface area contributed by atoms with Gasteiger partial charge in [-0.15, -0.1) is 0 Å². The van der Waals surface area contributed by atoms with E-state index in [1.165, 1.54) is 12.1 Å².